The molecule has 1 heterocycles. The second-order valence-corrected chi connectivity index (χ2v) is 4.96. The maximum atomic E-state index is 11.6. The Kier molecular flexibility index (Phi) is 3.19. The number of hydrogen-bond donors (Lipinski definition) is 1. The van der Waals surface area contributed by atoms with Gasteiger partial charge in [-0.1, -0.05) is 22.0 Å². The van der Waals surface area contributed by atoms with E-state index >= 15 is 0 Å². The van der Waals surface area contributed by atoms with Crippen LogP contribution in [-0.2, 0) is 0 Å². The van der Waals surface area contributed by atoms with Crippen LogP contribution in [0.2, 0.25) is 0 Å². The maximum absolute atomic E-state index is 11.6. The summed E-state index contributed by atoms with van der Waals surface area (Å²) in [7, 11) is 0. The third-order valence-corrected chi connectivity index (χ3v) is 3.48. The van der Waals surface area contributed by atoms with Crippen molar-refractivity contribution in [2.45, 2.75) is 19.9 Å². The van der Waals surface area contributed by atoms with Crippen LogP contribution >= 0.6 is 15.9 Å². The molecule has 16 heavy (non-hydrogen) atoms. The third kappa shape index (κ3) is 2.07. The smallest absolute Gasteiger partial charge is 0.318 e. The molecular weight excluding hydrogens is 268 g/mol. The summed E-state index contributed by atoms with van der Waals surface area (Å²) in [5.41, 5.74) is 2.41. The molecule has 0 spiro atoms. The number of nitrogens with zero attached hydrogens (tertiary/aromatic N) is 1. The van der Waals surface area contributed by atoms with Gasteiger partial charge in [0.15, 0.2) is 0 Å². The van der Waals surface area contributed by atoms with Crippen molar-refractivity contribution >= 4 is 22.0 Å². The van der Waals surface area contributed by atoms with Crippen LogP contribution in [0.15, 0.2) is 22.7 Å². The highest BCUT2D eigenvalue weighted by atomic mass is 79.9. The summed E-state index contributed by atoms with van der Waals surface area (Å²) in [6.07, 6.45) is 0. The lowest BCUT2D eigenvalue weighted by molar-refractivity contribution is 0.219. The minimum absolute atomic E-state index is 0.0341. The molecule has 1 saturated heterocycles. The van der Waals surface area contributed by atoms with Gasteiger partial charge in [0.2, 0.25) is 0 Å². The zero-order valence-electron chi connectivity index (χ0n) is 9.46. The number of rotatable bonds is 2. The van der Waals surface area contributed by atoms with Crippen molar-refractivity contribution in [1.82, 2.24) is 10.2 Å². The van der Waals surface area contributed by atoms with E-state index in [1.165, 1.54) is 11.1 Å². The van der Waals surface area contributed by atoms with Crippen molar-refractivity contribution in [3.63, 3.8) is 0 Å². The zero-order valence-corrected chi connectivity index (χ0v) is 11.0. The lowest BCUT2D eigenvalue weighted by Gasteiger charge is -2.14. The standard InChI is InChI=1S/C12H15BrN2O/c1-3-15-7-11(14-12(15)16)10-6-9(13)5-4-8(10)2/h4-6,11H,3,7H2,1-2H3,(H,14,16). The van der Waals surface area contributed by atoms with Crippen LogP contribution in [0.25, 0.3) is 0 Å². The van der Waals surface area contributed by atoms with Gasteiger partial charge >= 0.3 is 6.03 Å². The normalized spacial score (nSPS) is 20.1. The summed E-state index contributed by atoms with van der Waals surface area (Å²) in [5, 5.41) is 3.01. The SMILES string of the molecule is CCN1CC(c2cc(Br)ccc2C)NC1=O. The van der Waals surface area contributed by atoms with Crippen LogP contribution in [0.1, 0.15) is 24.1 Å². The van der Waals surface area contributed by atoms with Gasteiger partial charge in [-0.25, -0.2) is 4.79 Å². The van der Waals surface area contributed by atoms with E-state index in [-0.39, 0.29) is 12.1 Å². The average Bonchev–Trinajstić information content (AvgIpc) is 2.63. The average molecular weight is 283 g/mol. The van der Waals surface area contributed by atoms with E-state index in [2.05, 4.69) is 40.3 Å². The Morgan fingerprint density at radius 1 is 1.56 bits per heavy atom. The molecule has 1 atom stereocenters. The number of urea groups is 1. The van der Waals surface area contributed by atoms with Gasteiger partial charge in [0, 0.05) is 17.6 Å². The molecule has 3 nitrogen and oxygen atoms in total. The molecule has 1 aliphatic rings. The second-order valence-electron chi connectivity index (χ2n) is 4.04. The third-order valence-electron chi connectivity index (χ3n) is 2.99. The molecule has 0 aliphatic carbocycles. The molecule has 1 aliphatic heterocycles. The Morgan fingerprint density at radius 2 is 2.31 bits per heavy atom. The first kappa shape index (κ1) is 11.5. The first-order valence-electron chi connectivity index (χ1n) is 5.43. The Balaban J connectivity index is 2.26. The summed E-state index contributed by atoms with van der Waals surface area (Å²) in [6.45, 7) is 5.58. The number of halogens is 1. The van der Waals surface area contributed by atoms with Gasteiger partial charge in [0.05, 0.1) is 6.04 Å². The highest BCUT2D eigenvalue weighted by Crippen LogP contribution is 2.26. The molecule has 4 heteroatoms. The number of likely N-dealkylation sites (N-methyl/N-ethyl adjacent to an activating group) is 1. The number of nitrogens with one attached hydrogen (secondary N) is 1. The lowest BCUT2D eigenvalue weighted by Crippen LogP contribution is -2.27. The summed E-state index contributed by atoms with van der Waals surface area (Å²) in [4.78, 5) is 13.4. The van der Waals surface area contributed by atoms with Gasteiger partial charge in [0.1, 0.15) is 0 Å². The molecule has 0 bridgehead atoms. The van der Waals surface area contributed by atoms with Gasteiger partial charge < -0.3 is 10.2 Å². The molecule has 0 saturated carbocycles. The first-order chi connectivity index (χ1) is 7.61. The molecule has 1 fully saturated rings. The molecule has 1 N–H and O–H groups in total. The molecule has 1 aromatic carbocycles. The van der Waals surface area contributed by atoms with Crippen molar-refractivity contribution < 1.29 is 4.79 Å². The Morgan fingerprint density at radius 3 is 2.94 bits per heavy atom. The van der Waals surface area contributed by atoms with Crippen molar-refractivity contribution in [3.8, 4) is 0 Å². The topological polar surface area (TPSA) is 32.3 Å². The maximum Gasteiger partial charge on any atom is 0.318 e. The molecule has 1 aromatic rings. The van der Waals surface area contributed by atoms with Crippen molar-refractivity contribution in [1.29, 1.82) is 0 Å². The number of carbonyl (C=O) groups excluding carboxylic acids is 1. The molecule has 2 rings (SSSR count). The molecule has 86 valence electrons. The Bertz CT molecular complexity index is 419. The lowest BCUT2D eigenvalue weighted by atomic mass is 10.0. The number of hydrogen-bond acceptors (Lipinski definition) is 1. The minimum Gasteiger partial charge on any atom is -0.329 e. The van der Waals surface area contributed by atoms with Gasteiger partial charge in [-0.05, 0) is 37.1 Å². The summed E-state index contributed by atoms with van der Waals surface area (Å²) in [6, 6.07) is 6.32. The van der Waals surface area contributed by atoms with Crippen LogP contribution in [0.3, 0.4) is 0 Å². The van der Waals surface area contributed by atoms with Crippen LogP contribution < -0.4 is 5.32 Å². The minimum atomic E-state index is 0.0341. The highest BCUT2D eigenvalue weighted by Gasteiger charge is 2.29. The number of carbonyl (C=O) groups is 1. The largest absolute Gasteiger partial charge is 0.329 e. The molecule has 0 aromatic heterocycles. The molecular formula is C12H15BrN2O. The summed E-state index contributed by atoms with van der Waals surface area (Å²) < 4.78 is 1.05. The van der Waals surface area contributed by atoms with Crippen LogP contribution in [0.5, 0.6) is 0 Å². The van der Waals surface area contributed by atoms with Gasteiger partial charge in [-0.2, -0.15) is 0 Å². The first-order valence-corrected chi connectivity index (χ1v) is 6.22. The van der Waals surface area contributed by atoms with Crippen molar-refractivity contribution in [3.05, 3.63) is 33.8 Å². The summed E-state index contributed by atoms with van der Waals surface area (Å²) >= 11 is 3.46. The van der Waals surface area contributed by atoms with Gasteiger partial charge in [0.25, 0.3) is 0 Å². The van der Waals surface area contributed by atoms with Gasteiger partial charge in [-0.15, -0.1) is 0 Å². The van der Waals surface area contributed by atoms with E-state index in [0.29, 0.717) is 0 Å². The quantitative estimate of drug-likeness (QED) is 0.889. The van der Waals surface area contributed by atoms with E-state index in [4.69, 9.17) is 0 Å². The zero-order chi connectivity index (χ0) is 11.7. The van der Waals surface area contributed by atoms with Crippen molar-refractivity contribution in [2.24, 2.45) is 0 Å². The fourth-order valence-electron chi connectivity index (χ4n) is 2.02. The fourth-order valence-corrected chi connectivity index (χ4v) is 2.40. The van der Waals surface area contributed by atoms with E-state index in [1.54, 1.807) is 0 Å². The van der Waals surface area contributed by atoms with Gasteiger partial charge in [-0.3, -0.25) is 0 Å². The predicted molar refractivity (Wildman–Crippen MR) is 67.4 cm³/mol. The molecule has 2 amide bonds. The highest BCUT2D eigenvalue weighted by molar-refractivity contribution is 9.10. The molecule has 0 radical (unpaired) electrons. The predicted octanol–water partition coefficient (Wildman–Crippen LogP) is 2.84. The Hall–Kier alpha value is -1.03. The number of amides is 2. The monoisotopic (exact) mass is 282 g/mol. The van der Waals surface area contributed by atoms with E-state index < -0.39 is 0 Å². The van der Waals surface area contributed by atoms with E-state index in [0.717, 1.165) is 17.6 Å². The van der Waals surface area contributed by atoms with Crippen molar-refractivity contribution in [2.75, 3.05) is 13.1 Å². The van der Waals surface area contributed by atoms with Crippen LogP contribution in [-0.4, -0.2) is 24.0 Å². The van der Waals surface area contributed by atoms with E-state index in [1.807, 2.05) is 17.9 Å². The fraction of sp³-hybridized carbons (Fsp3) is 0.417. The number of aryl methyl sites for hydroxylation is 1. The number of benzene rings is 1. The second kappa shape index (κ2) is 4.45. The van der Waals surface area contributed by atoms with Crippen LogP contribution in [0, 0.1) is 6.92 Å². The van der Waals surface area contributed by atoms with Crippen LogP contribution in [0.4, 0.5) is 4.79 Å². The van der Waals surface area contributed by atoms with E-state index in [9.17, 15) is 4.79 Å². The summed E-state index contributed by atoms with van der Waals surface area (Å²) in [5.74, 6) is 0. The molecule has 1 unspecified atom stereocenters. The Labute approximate surface area is 104 Å².